The zero-order chi connectivity index (χ0) is 7.44. The van der Waals surface area contributed by atoms with Crippen molar-refractivity contribution >= 4 is 0 Å². The third kappa shape index (κ3) is 2.82. The second kappa shape index (κ2) is 3.85. The minimum atomic E-state index is -0.106. The topological polar surface area (TPSA) is 35.2 Å². The summed E-state index contributed by atoms with van der Waals surface area (Å²) in [5, 5.41) is 0. The molecule has 2 heteroatoms. The highest BCUT2D eigenvalue weighted by Crippen LogP contribution is 2.12. The summed E-state index contributed by atoms with van der Waals surface area (Å²) in [6.45, 7) is 6.38. The molecule has 0 saturated heterocycles. The van der Waals surface area contributed by atoms with Crippen molar-refractivity contribution in [2.45, 2.75) is 27.0 Å². The maximum absolute atomic E-state index is 5.60. The molecule has 0 rings (SSSR count). The minimum absolute atomic E-state index is 0.106. The van der Waals surface area contributed by atoms with Crippen molar-refractivity contribution in [1.29, 1.82) is 0 Å². The van der Waals surface area contributed by atoms with Gasteiger partial charge in [0.15, 0.2) is 0 Å². The molecule has 2 nitrogen and oxygen atoms in total. The van der Waals surface area contributed by atoms with E-state index < -0.39 is 0 Å². The fraction of sp³-hybridized carbons (Fsp3) is 1.00. The molecule has 9 heavy (non-hydrogen) atoms. The van der Waals surface area contributed by atoms with Gasteiger partial charge in [0.25, 0.3) is 0 Å². The Labute approximate surface area is 57.4 Å². The molecule has 2 unspecified atom stereocenters. The van der Waals surface area contributed by atoms with Crippen LogP contribution < -0.4 is 5.73 Å². The van der Waals surface area contributed by atoms with E-state index in [4.69, 9.17) is 10.5 Å². The van der Waals surface area contributed by atoms with E-state index in [1.54, 1.807) is 7.11 Å². The molecule has 2 atom stereocenters. The molecule has 0 radical (unpaired) electrons. The van der Waals surface area contributed by atoms with E-state index in [2.05, 4.69) is 20.8 Å². The smallest absolute Gasteiger partial charge is 0.108 e. The SMILES string of the molecule is COC(N)C(C)C(C)C. The van der Waals surface area contributed by atoms with Crippen LogP contribution >= 0.6 is 0 Å². The number of ether oxygens (including phenoxy) is 1. The number of rotatable bonds is 3. The lowest BCUT2D eigenvalue weighted by Crippen LogP contribution is -2.32. The van der Waals surface area contributed by atoms with Gasteiger partial charge in [0.05, 0.1) is 0 Å². The first-order valence-electron chi connectivity index (χ1n) is 3.38. The largest absolute Gasteiger partial charge is 0.367 e. The normalized spacial score (nSPS) is 18.0. The summed E-state index contributed by atoms with van der Waals surface area (Å²) in [6.07, 6.45) is -0.106. The average molecular weight is 131 g/mol. The molecule has 0 aromatic carbocycles. The number of nitrogens with two attached hydrogens (primary N) is 1. The van der Waals surface area contributed by atoms with Gasteiger partial charge in [0, 0.05) is 7.11 Å². The van der Waals surface area contributed by atoms with Crippen molar-refractivity contribution in [2.75, 3.05) is 7.11 Å². The fourth-order valence-corrected chi connectivity index (χ4v) is 0.594. The lowest BCUT2D eigenvalue weighted by Gasteiger charge is -2.21. The molecule has 0 aliphatic heterocycles. The van der Waals surface area contributed by atoms with Gasteiger partial charge in [-0.25, -0.2) is 0 Å². The van der Waals surface area contributed by atoms with E-state index in [-0.39, 0.29) is 6.23 Å². The summed E-state index contributed by atoms with van der Waals surface area (Å²) < 4.78 is 4.95. The number of methoxy groups -OCH3 is 1. The molecular weight excluding hydrogens is 114 g/mol. The van der Waals surface area contributed by atoms with Crippen LogP contribution in [0, 0.1) is 11.8 Å². The Hall–Kier alpha value is -0.0800. The first kappa shape index (κ1) is 8.92. The van der Waals surface area contributed by atoms with Crippen LogP contribution in [0.25, 0.3) is 0 Å². The maximum Gasteiger partial charge on any atom is 0.108 e. The van der Waals surface area contributed by atoms with Crippen LogP contribution in [0.1, 0.15) is 20.8 Å². The van der Waals surface area contributed by atoms with Crippen LogP contribution in [0.15, 0.2) is 0 Å². The van der Waals surface area contributed by atoms with Crippen LogP contribution in [0.3, 0.4) is 0 Å². The summed E-state index contributed by atoms with van der Waals surface area (Å²) >= 11 is 0. The zero-order valence-electron chi connectivity index (χ0n) is 6.72. The van der Waals surface area contributed by atoms with Gasteiger partial charge in [-0.15, -0.1) is 0 Å². The van der Waals surface area contributed by atoms with Crippen molar-refractivity contribution in [1.82, 2.24) is 0 Å². The third-order valence-electron chi connectivity index (χ3n) is 1.84. The van der Waals surface area contributed by atoms with Gasteiger partial charge in [-0.1, -0.05) is 20.8 Å². The summed E-state index contributed by atoms with van der Waals surface area (Å²) in [6, 6.07) is 0. The van der Waals surface area contributed by atoms with Gasteiger partial charge in [0.1, 0.15) is 6.23 Å². The van der Waals surface area contributed by atoms with Crippen molar-refractivity contribution < 1.29 is 4.74 Å². The van der Waals surface area contributed by atoms with E-state index in [0.717, 1.165) is 0 Å². The third-order valence-corrected chi connectivity index (χ3v) is 1.84. The van der Waals surface area contributed by atoms with Crippen LogP contribution in [0.5, 0.6) is 0 Å². The summed E-state index contributed by atoms with van der Waals surface area (Å²) in [4.78, 5) is 0. The molecule has 0 bridgehead atoms. The van der Waals surface area contributed by atoms with E-state index in [1.165, 1.54) is 0 Å². The molecule has 2 N–H and O–H groups in total. The molecule has 0 spiro atoms. The van der Waals surface area contributed by atoms with Crippen molar-refractivity contribution in [2.24, 2.45) is 17.6 Å². The Balaban J connectivity index is 3.58. The molecule has 0 saturated carbocycles. The van der Waals surface area contributed by atoms with Crippen LogP contribution in [-0.2, 0) is 4.74 Å². The Morgan fingerprint density at radius 1 is 1.22 bits per heavy atom. The zero-order valence-corrected chi connectivity index (χ0v) is 6.72. The van der Waals surface area contributed by atoms with Crippen LogP contribution in [0.4, 0.5) is 0 Å². The van der Waals surface area contributed by atoms with E-state index in [0.29, 0.717) is 11.8 Å². The average Bonchev–Trinajstić information content (AvgIpc) is 1.84. The monoisotopic (exact) mass is 131 g/mol. The minimum Gasteiger partial charge on any atom is -0.367 e. The molecule has 0 amide bonds. The highest BCUT2D eigenvalue weighted by Gasteiger charge is 2.14. The first-order valence-corrected chi connectivity index (χ1v) is 3.38. The van der Waals surface area contributed by atoms with Gasteiger partial charge in [-0.2, -0.15) is 0 Å². The van der Waals surface area contributed by atoms with Crippen molar-refractivity contribution in [3.8, 4) is 0 Å². The Morgan fingerprint density at radius 3 is 1.78 bits per heavy atom. The number of hydrogen-bond donors (Lipinski definition) is 1. The Morgan fingerprint density at radius 2 is 1.67 bits per heavy atom. The molecule has 0 fully saturated rings. The standard InChI is InChI=1S/C7H17NO/c1-5(2)6(3)7(8)9-4/h5-7H,8H2,1-4H3. The van der Waals surface area contributed by atoms with Gasteiger partial charge < -0.3 is 10.5 Å². The molecular formula is C7H17NO. The van der Waals surface area contributed by atoms with Gasteiger partial charge in [-0.3, -0.25) is 0 Å². The lowest BCUT2D eigenvalue weighted by atomic mass is 9.97. The Kier molecular flexibility index (Phi) is 3.82. The summed E-state index contributed by atoms with van der Waals surface area (Å²) in [5.41, 5.74) is 5.60. The maximum atomic E-state index is 5.60. The van der Waals surface area contributed by atoms with Gasteiger partial charge in [-0.05, 0) is 11.8 Å². The molecule has 0 aromatic heterocycles. The van der Waals surface area contributed by atoms with E-state index >= 15 is 0 Å². The van der Waals surface area contributed by atoms with Crippen molar-refractivity contribution in [3.05, 3.63) is 0 Å². The quantitative estimate of drug-likeness (QED) is 0.584. The summed E-state index contributed by atoms with van der Waals surface area (Å²) in [5.74, 6) is 1.04. The highest BCUT2D eigenvalue weighted by atomic mass is 16.5. The predicted molar refractivity (Wildman–Crippen MR) is 39.0 cm³/mol. The molecule has 0 aliphatic rings. The molecule has 0 aliphatic carbocycles. The summed E-state index contributed by atoms with van der Waals surface area (Å²) in [7, 11) is 1.64. The Bertz CT molecular complexity index is 73.3. The molecule has 56 valence electrons. The molecule has 0 heterocycles. The van der Waals surface area contributed by atoms with E-state index in [9.17, 15) is 0 Å². The van der Waals surface area contributed by atoms with E-state index in [1.807, 2.05) is 0 Å². The first-order chi connectivity index (χ1) is 4.09. The second-order valence-electron chi connectivity index (χ2n) is 2.80. The van der Waals surface area contributed by atoms with Gasteiger partial charge >= 0.3 is 0 Å². The van der Waals surface area contributed by atoms with Crippen LogP contribution in [0.2, 0.25) is 0 Å². The van der Waals surface area contributed by atoms with Crippen LogP contribution in [-0.4, -0.2) is 13.3 Å². The highest BCUT2D eigenvalue weighted by molar-refractivity contribution is 4.62. The van der Waals surface area contributed by atoms with Crippen molar-refractivity contribution in [3.63, 3.8) is 0 Å². The lowest BCUT2D eigenvalue weighted by molar-refractivity contribution is 0.0462. The number of hydrogen-bond acceptors (Lipinski definition) is 2. The second-order valence-corrected chi connectivity index (χ2v) is 2.80. The fourth-order valence-electron chi connectivity index (χ4n) is 0.594. The predicted octanol–water partition coefficient (Wildman–Crippen LogP) is 1.21. The van der Waals surface area contributed by atoms with Gasteiger partial charge in [0.2, 0.25) is 0 Å². The molecule has 0 aromatic rings.